The topological polar surface area (TPSA) is 40.5 Å². The van der Waals surface area contributed by atoms with Crippen molar-refractivity contribution in [2.24, 2.45) is 5.92 Å². The van der Waals surface area contributed by atoms with Crippen molar-refractivity contribution in [3.8, 4) is 0 Å². The quantitative estimate of drug-likeness (QED) is 0.644. The lowest BCUT2D eigenvalue weighted by molar-refractivity contribution is 0.243. The second-order valence-corrected chi connectivity index (χ2v) is 6.24. The van der Waals surface area contributed by atoms with Gasteiger partial charge in [-0.1, -0.05) is 13.8 Å². The van der Waals surface area contributed by atoms with Gasteiger partial charge >= 0.3 is 0 Å². The SMILES string of the molecule is CC(C)CP(C(C)O)C(C)O. The zero-order chi connectivity index (χ0) is 9.02. The summed E-state index contributed by atoms with van der Waals surface area (Å²) in [7, 11) is -0.607. The lowest BCUT2D eigenvalue weighted by Crippen LogP contribution is -2.13. The normalized spacial score (nSPS) is 19.9. The molecule has 0 amide bonds. The Hall–Kier alpha value is 0.350. The third kappa shape index (κ3) is 4.73. The molecule has 0 aromatic rings. The van der Waals surface area contributed by atoms with E-state index in [2.05, 4.69) is 13.8 Å². The summed E-state index contributed by atoms with van der Waals surface area (Å²) in [6.45, 7) is 7.75. The van der Waals surface area contributed by atoms with Gasteiger partial charge in [0.15, 0.2) is 0 Å². The van der Waals surface area contributed by atoms with Gasteiger partial charge in [0.1, 0.15) is 0 Å². The third-order valence-electron chi connectivity index (χ3n) is 1.54. The van der Waals surface area contributed by atoms with Crippen LogP contribution in [0.1, 0.15) is 27.7 Å². The van der Waals surface area contributed by atoms with Crippen LogP contribution in [0.4, 0.5) is 0 Å². The average molecular weight is 178 g/mol. The molecular weight excluding hydrogens is 159 g/mol. The van der Waals surface area contributed by atoms with E-state index in [9.17, 15) is 10.2 Å². The van der Waals surface area contributed by atoms with Crippen molar-refractivity contribution in [3.05, 3.63) is 0 Å². The molecule has 0 aromatic heterocycles. The molecule has 2 nitrogen and oxygen atoms in total. The van der Waals surface area contributed by atoms with E-state index >= 15 is 0 Å². The molecule has 0 aliphatic carbocycles. The number of aliphatic hydroxyl groups excluding tert-OH is 2. The summed E-state index contributed by atoms with van der Waals surface area (Å²) in [6.07, 6.45) is 0.949. The molecule has 0 fully saturated rings. The zero-order valence-corrected chi connectivity index (χ0v) is 8.68. The van der Waals surface area contributed by atoms with Gasteiger partial charge in [0.05, 0.1) is 11.7 Å². The lowest BCUT2D eigenvalue weighted by Gasteiger charge is -2.24. The molecule has 0 aliphatic heterocycles. The van der Waals surface area contributed by atoms with Gasteiger partial charge in [0.25, 0.3) is 0 Å². The number of hydrogen-bond acceptors (Lipinski definition) is 2. The van der Waals surface area contributed by atoms with Crippen LogP contribution in [0.3, 0.4) is 0 Å². The van der Waals surface area contributed by atoms with Gasteiger partial charge in [-0.25, -0.2) is 0 Å². The van der Waals surface area contributed by atoms with Crippen molar-refractivity contribution < 1.29 is 10.2 Å². The Labute approximate surface area is 70.4 Å². The van der Waals surface area contributed by atoms with E-state index in [1.807, 2.05) is 0 Å². The highest BCUT2D eigenvalue weighted by molar-refractivity contribution is 7.58. The molecule has 0 saturated carbocycles. The fourth-order valence-electron chi connectivity index (χ4n) is 1.04. The standard InChI is InChI=1S/C8H19O2P/c1-6(2)5-11(7(3)9)8(4)10/h6-10H,5H2,1-4H3. The molecule has 0 aliphatic rings. The zero-order valence-electron chi connectivity index (χ0n) is 7.78. The van der Waals surface area contributed by atoms with Crippen LogP contribution in [0.15, 0.2) is 0 Å². The maximum atomic E-state index is 9.30. The van der Waals surface area contributed by atoms with Crippen LogP contribution < -0.4 is 0 Å². The monoisotopic (exact) mass is 178 g/mol. The molecule has 2 atom stereocenters. The molecule has 0 aromatic carbocycles. The summed E-state index contributed by atoms with van der Waals surface area (Å²) >= 11 is 0. The van der Waals surface area contributed by atoms with Crippen LogP contribution in [-0.4, -0.2) is 28.1 Å². The van der Waals surface area contributed by atoms with Crippen molar-refractivity contribution in [2.75, 3.05) is 6.16 Å². The fourth-order valence-corrected chi connectivity index (χ4v) is 3.12. The largest absolute Gasteiger partial charge is 0.389 e. The molecule has 0 rings (SSSR count). The van der Waals surface area contributed by atoms with Gasteiger partial charge in [-0.05, 0) is 33.8 Å². The lowest BCUT2D eigenvalue weighted by atomic mass is 10.3. The summed E-state index contributed by atoms with van der Waals surface area (Å²) in [4.78, 5) is 0. The Bertz CT molecular complexity index is 94.3. The molecule has 2 N–H and O–H groups in total. The first-order valence-electron chi connectivity index (χ1n) is 4.07. The van der Waals surface area contributed by atoms with E-state index in [1.54, 1.807) is 13.8 Å². The Kier molecular flexibility index (Phi) is 5.24. The second-order valence-electron chi connectivity index (χ2n) is 3.35. The molecule has 0 heterocycles. The van der Waals surface area contributed by atoms with Gasteiger partial charge in [-0.15, -0.1) is 0 Å². The number of aliphatic hydroxyl groups is 2. The second kappa shape index (κ2) is 5.08. The summed E-state index contributed by atoms with van der Waals surface area (Å²) < 4.78 is 0. The molecule has 0 saturated heterocycles. The van der Waals surface area contributed by atoms with Gasteiger partial charge in [-0.3, -0.25) is 0 Å². The molecule has 68 valence electrons. The molecule has 3 heteroatoms. The van der Waals surface area contributed by atoms with Crippen molar-refractivity contribution in [2.45, 2.75) is 39.4 Å². The Balaban J connectivity index is 3.90. The smallest absolute Gasteiger partial charge is 0.0727 e. The van der Waals surface area contributed by atoms with Crippen LogP contribution in [0, 0.1) is 5.92 Å². The number of hydrogen-bond donors (Lipinski definition) is 2. The van der Waals surface area contributed by atoms with Crippen molar-refractivity contribution in [3.63, 3.8) is 0 Å². The Morgan fingerprint density at radius 2 is 1.36 bits per heavy atom. The highest BCUT2D eigenvalue weighted by Crippen LogP contribution is 2.45. The predicted octanol–water partition coefficient (Wildman–Crippen LogP) is 1.80. The third-order valence-corrected chi connectivity index (χ3v) is 4.61. The summed E-state index contributed by atoms with van der Waals surface area (Å²) in [5, 5.41) is 18.6. The molecule has 0 radical (unpaired) electrons. The molecule has 2 unspecified atom stereocenters. The van der Waals surface area contributed by atoms with Crippen LogP contribution in [0.5, 0.6) is 0 Å². The van der Waals surface area contributed by atoms with E-state index in [1.165, 1.54) is 0 Å². The van der Waals surface area contributed by atoms with Crippen LogP contribution >= 0.6 is 7.92 Å². The average Bonchev–Trinajstić information content (AvgIpc) is 1.81. The molecular formula is C8H19O2P. The summed E-state index contributed by atoms with van der Waals surface area (Å²) in [5.41, 5.74) is 0. The maximum absolute atomic E-state index is 9.30. The number of rotatable bonds is 4. The van der Waals surface area contributed by atoms with Crippen molar-refractivity contribution >= 4 is 7.92 Å². The maximum Gasteiger partial charge on any atom is 0.0727 e. The van der Waals surface area contributed by atoms with Crippen molar-refractivity contribution in [1.82, 2.24) is 0 Å². The minimum absolute atomic E-state index is 0.340. The van der Waals surface area contributed by atoms with Crippen LogP contribution in [-0.2, 0) is 0 Å². The van der Waals surface area contributed by atoms with Crippen LogP contribution in [0.25, 0.3) is 0 Å². The molecule has 0 bridgehead atoms. The minimum atomic E-state index is -0.607. The summed E-state index contributed by atoms with van der Waals surface area (Å²) in [5.74, 6) is -0.120. The van der Waals surface area contributed by atoms with Gasteiger partial charge < -0.3 is 10.2 Å². The van der Waals surface area contributed by atoms with Crippen molar-refractivity contribution in [1.29, 1.82) is 0 Å². The Morgan fingerprint density at radius 1 is 1.00 bits per heavy atom. The molecule has 11 heavy (non-hydrogen) atoms. The summed E-state index contributed by atoms with van der Waals surface area (Å²) in [6, 6.07) is 0. The van der Waals surface area contributed by atoms with Crippen LogP contribution in [0.2, 0.25) is 0 Å². The van der Waals surface area contributed by atoms with Gasteiger partial charge in [0, 0.05) is 0 Å². The highest BCUT2D eigenvalue weighted by Gasteiger charge is 2.20. The van der Waals surface area contributed by atoms with E-state index < -0.39 is 7.92 Å². The molecule has 0 spiro atoms. The highest BCUT2D eigenvalue weighted by atomic mass is 31.1. The van der Waals surface area contributed by atoms with E-state index in [4.69, 9.17) is 0 Å². The van der Waals surface area contributed by atoms with E-state index in [-0.39, 0.29) is 11.7 Å². The first-order valence-corrected chi connectivity index (χ1v) is 5.73. The van der Waals surface area contributed by atoms with E-state index in [0.29, 0.717) is 5.92 Å². The first kappa shape index (κ1) is 11.4. The van der Waals surface area contributed by atoms with Gasteiger partial charge in [-0.2, -0.15) is 0 Å². The fraction of sp³-hybridized carbons (Fsp3) is 1.00. The first-order chi connectivity index (χ1) is 4.95. The van der Waals surface area contributed by atoms with Gasteiger partial charge in [0.2, 0.25) is 0 Å². The predicted molar refractivity (Wildman–Crippen MR) is 50.0 cm³/mol. The Morgan fingerprint density at radius 3 is 1.45 bits per heavy atom. The minimum Gasteiger partial charge on any atom is -0.389 e. The van der Waals surface area contributed by atoms with E-state index in [0.717, 1.165) is 6.16 Å².